The number of carbonyl (C=O) groups is 2. The average molecular weight is 350 g/mol. The van der Waals surface area contributed by atoms with E-state index in [9.17, 15) is 9.59 Å². The summed E-state index contributed by atoms with van der Waals surface area (Å²) in [6.45, 7) is 10.1. The number of hydrogen-bond acceptors (Lipinski definition) is 5. The fraction of sp³-hybridized carbons (Fsp3) is 0.600. The molecule has 1 aliphatic rings. The summed E-state index contributed by atoms with van der Waals surface area (Å²) >= 11 is 0. The molecule has 0 radical (unpaired) electrons. The Bertz CT molecular complexity index is 562. The van der Waals surface area contributed by atoms with Gasteiger partial charge in [-0.2, -0.15) is 0 Å². The maximum atomic E-state index is 11.6. The molecular weight excluding hydrogens is 320 g/mol. The van der Waals surface area contributed by atoms with E-state index >= 15 is 0 Å². The molecule has 1 aromatic carbocycles. The van der Waals surface area contributed by atoms with Crippen LogP contribution in [-0.2, 0) is 19.1 Å². The zero-order chi connectivity index (χ0) is 19.0. The molecule has 0 amide bonds. The van der Waals surface area contributed by atoms with Crippen molar-refractivity contribution in [1.29, 1.82) is 0 Å². The van der Waals surface area contributed by atoms with E-state index in [0.29, 0.717) is 18.1 Å². The summed E-state index contributed by atoms with van der Waals surface area (Å²) in [5, 5.41) is 9.01. The quantitative estimate of drug-likeness (QED) is 0.806. The van der Waals surface area contributed by atoms with Crippen LogP contribution in [0.1, 0.15) is 65.4 Å². The summed E-state index contributed by atoms with van der Waals surface area (Å²) in [5.74, 6) is 0.382. The van der Waals surface area contributed by atoms with Crippen LogP contribution in [0.2, 0.25) is 0 Å². The number of phenols is 1. The van der Waals surface area contributed by atoms with Gasteiger partial charge in [-0.25, -0.2) is 0 Å². The van der Waals surface area contributed by atoms with Crippen LogP contribution in [-0.4, -0.2) is 29.8 Å². The SMILES string of the molecule is CCC(C)(C)C(=O)OC1COC(=O)C1.CCC(C)c1ccc(O)cc1. The number of ether oxygens (including phenoxy) is 2. The number of phenolic OH excluding ortho intramolecular Hbond substituents is 1. The number of benzene rings is 1. The van der Waals surface area contributed by atoms with Gasteiger partial charge < -0.3 is 14.6 Å². The zero-order valence-corrected chi connectivity index (χ0v) is 15.9. The van der Waals surface area contributed by atoms with Crippen LogP contribution in [0.15, 0.2) is 24.3 Å². The number of aromatic hydroxyl groups is 1. The molecule has 0 aromatic heterocycles. The minimum Gasteiger partial charge on any atom is -0.508 e. The van der Waals surface area contributed by atoms with Crippen molar-refractivity contribution >= 4 is 11.9 Å². The van der Waals surface area contributed by atoms with Crippen molar-refractivity contribution in [3.8, 4) is 5.75 Å². The van der Waals surface area contributed by atoms with Gasteiger partial charge in [0.1, 0.15) is 18.5 Å². The van der Waals surface area contributed by atoms with E-state index in [0.717, 1.165) is 6.42 Å². The number of cyclic esters (lactones) is 1. The van der Waals surface area contributed by atoms with Crippen LogP contribution in [0.25, 0.3) is 0 Å². The maximum Gasteiger partial charge on any atom is 0.311 e. The lowest BCUT2D eigenvalue weighted by molar-refractivity contribution is -0.159. The Labute approximate surface area is 150 Å². The van der Waals surface area contributed by atoms with Crippen molar-refractivity contribution in [2.45, 2.75) is 65.9 Å². The van der Waals surface area contributed by atoms with Crippen molar-refractivity contribution < 1.29 is 24.2 Å². The van der Waals surface area contributed by atoms with Gasteiger partial charge in [0.15, 0.2) is 0 Å². The molecule has 140 valence electrons. The van der Waals surface area contributed by atoms with Gasteiger partial charge in [-0.15, -0.1) is 0 Å². The van der Waals surface area contributed by atoms with Gasteiger partial charge >= 0.3 is 11.9 Å². The molecule has 0 saturated carbocycles. The molecule has 25 heavy (non-hydrogen) atoms. The van der Waals surface area contributed by atoms with E-state index in [-0.39, 0.29) is 31.1 Å². The molecule has 1 aromatic rings. The van der Waals surface area contributed by atoms with E-state index in [1.807, 2.05) is 32.9 Å². The van der Waals surface area contributed by atoms with Gasteiger partial charge in [-0.1, -0.05) is 32.9 Å². The Morgan fingerprint density at radius 1 is 1.32 bits per heavy atom. The molecule has 1 saturated heterocycles. The second kappa shape index (κ2) is 9.44. The molecule has 5 nitrogen and oxygen atoms in total. The van der Waals surface area contributed by atoms with Gasteiger partial charge in [0.2, 0.25) is 0 Å². The van der Waals surface area contributed by atoms with Gasteiger partial charge in [-0.3, -0.25) is 9.59 Å². The Morgan fingerprint density at radius 3 is 2.36 bits per heavy atom. The third kappa shape index (κ3) is 6.77. The summed E-state index contributed by atoms with van der Waals surface area (Å²) in [6.07, 6.45) is 1.66. The fourth-order valence-corrected chi connectivity index (χ4v) is 2.06. The summed E-state index contributed by atoms with van der Waals surface area (Å²) < 4.78 is 9.85. The Morgan fingerprint density at radius 2 is 1.92 bits per heavy atom. The van der Waals surface area contributed by atoms with E-state index in [4.69, 9.17) is 14.6 Å². The lowest BCUT2D eigenvalue weighted by atomic mass is 9.90. The average Bonchev–Trinajstić information content (AvgIpc) is 3.00. The monoisotopic (exact) mass is 350 g/mol. The first kappa shape index (κ1) is 21.0. The van der Waals surface area contributed by atoms with Gasteiger partial charge in [0.05, 0.1) is 11.8 Å². The molecule has 1 N–H and O–H groups in total. The van der Waals surface area contributed by atoms with Crippen LogP contribution >= 0.6 is 0 Å². The number of esters is 2. The molecule has 0 spiro atoms. The van der Waals surface area contributed by atoms with Crippen molar-refractivity contribution in [2.24, 2.45) is 5.41 Å². The smallest absolute Gasteiger partial charge is 0.311 e. The van der Waals surface area contributed by atoms with Crippen molar-refractivity contribution in [3.63, 3.8) is 0 Å². The summed E-state index contributed by atoms with van der Waals surface area (Å²) in [7, 11) is 0. The van der Waals surface area contributed by atoms with E-state index < -0.39 is 5.41 Å². The van der Waals surface area contributed by atoms with Crippen molar-refractivity contribution in [3.05, 3.63) is 29.8 Å². The maximum absolute atomic E-state index is 11.6. The zero-order valence-electron chi connectivity index (χ0n) is 15.9. The minimum atomic E-state index is -0.481. The molecule has 2 rings (SSSR count). The van der Waals surface area contributed by atoms with Crippen LogP contribution in [0.4, 0.5) is 0 Å². The highest BCUT2D eigenvalue weighted by atomic mass is 16.6. The van der Waals surface area contributed by atoms with Gasteiger partial charge in [0, 0.05) is 0 Å². The normalized spacial score (nSPS) is 18.0. The highest BCUT2D eigenvalue weighted by Crippen LogP contribution is 2.24. The highest BCUT2D eigenvalue weighted by Gasteiger charge is 2.33. The van der Waals surface area contributed by atoms with Crippen molar-refractivity contribution in [1.82, 2.24) is 0 Å². The first-order valence-electron chi connectivity index (χ1n) is 8.85. The van der Waals surface area contributed by atoms with Crippen LogP contribution in [0, 0.1) is 5.41 Å². The minimum absolute atomic E-state index is 0.186. The molecular formula is C20H30O5. The summed E-state index contributed by atoms with van der Waals surface area (Å²) in [4.78, 5) is 22.3. The summed E-state index contributed by atoms with van der Waals surface area (Å²) in [6, 6.07) is 7.43. The molecule has 1 aliphatic heterocycles. The highest BCUT2D eigenvalue weighted by molar-refractivity contribution is 5.77. The van der Waals surface area contributed by atoms with Crippen LogP contribution in [0.5, 0.6) is 5.75 Å². The number of hydrogen-bond donors (Lipinski definition) is 1. The molecule has 1 heterocycles. The Balaban J connectivity index is 0.000000257. The molecule has 2 atom stereocenters. The number of rotatable bonds is 5. The Hall–Kier alpha value is -2.04. The number of carbonyl (C=O) groups excluding carboxylic acids is 2. The topological polar surface area (TPSA) is 72.8 Å². The largest absolute Gasteiger partial charge is 0.508 e. The van der Waals surface area contributed by atoms with Crippen LogP contribution in [0.3, 0.4) is 0 Å². The fourth-order valence-electron chi connectivity index (χ4n) is 2.06. The van der Waals surface area contributed by atoms with Gasteiger partial charge in [0.25, 0.3) is 0 Å². The second-order valence-corrected chi connectivity index (χ2v) is 7.05. The lowest BCUT2D eigenvalue weighted by Gasteiger charge is -2.22. The lowest BCUT2D eigenvalue weighted by Crippen LogP contribution is -2.30. The third-order valence-electron chi connectivity index (χ3n) is 4.61. The molecule has 5 heteroatoms. The van der Waals surface area contributed by atoms with Gasteiger partial charge in [-0.05, 0) is 50.3 Å². The van der Waals surface area contributed by atoms with E-state index in [2.05, 4.69) is 13.8 Å². The first-order valence-corrected chi connectivity index (χ1v) is 8.85. The standard InChI is InChI=1S/C10H16O4.C10H14O/c1-4-10(2,3)9(12)14-7-5-8(11)13-6-7;1-3-8(2)9-4-6-10(11)7-5-9/h7H,4-6H2,1-3H3;4-8,11H,3H2,1-2H3. The van der Waals surface area contributed by atoms with Crippen molar-refractivity contribution in [2.75, 3.05) is 6.61 Å². The molecule has 1 fully saturated rings. The summed E-state index contributed by atoms with van der Waals surface area (Å²) in [5.41, 5.74) is 0.816. The first-order chi connectivity index (χ1) is 11.7. The molecule has 2 unspecified atom stereocenters. The molecule has 0 bridgehead atoms. The second-order valence-electron chi connectivity index (χ2n) is 7.05. The van der Waals surface area contributed by atoms with E-state index in [1.54, 1.807) is 12.1 Å². The van der Waals surface area contributed by atoms with E-state index in [1.165, 1.54) is 5.56 Å². The Kier molecular flexibility index (Phi) is 7.94. The predicted octanol–water partition coefficient (Wildman–Crippen LogP) is 4.19. The van der Waals surface area contributed by atoms with Crippen LogP contribution < -0.4 is 0 Å². The molecule has 0 aliphatic carbocycles. The third-order valence-corrected chi connectivity index (χ3v) is 4.61. The predicted molar refractivity (Wildman–Crippen MR) is 96.3 cm³/mol.